The highest BCUT2D eigenvalue weighted by Gasteiger charge is 2.27. The van der Waals surface area contributed by atoms with Crippen LogP contribution >= 0.6 is 0 Å². The molecule has 0 aliphatic carbocycles. The molecule has 1 heterocycles. The van der Waals surface area contributed by atoms with Crippen molar-refractivity contribution in [1.82, 2.24) is 4.57 Å². The smallest absolute Gasteiger partial charge is 0.335 e. The van der Waals surface area contributed by atoms with Gasteiger partial charge in [-0.25, -0.2) is 9.13 Å². The number of rotatable bonds is 2. The van der Waals surface area contributed by atoms with Gasteiger partial charge < -0.3 is 10.4 Å². The molecule has 0 saturated carbocycles. The van der Waals surface area contributed by atoms with Gasteiger partial charge in [0.05, 0.1) is 13.7 Å². The number of halogens is 6. The molecule has 0 radical (unpaired) electrons. The Morgan fingerprint density at radius 3 is 1.58 bits per heavy atom. The van der Waals surface area contributed by atoms with Crippen LogP contribution in [0.5, 0.6) is 0 Å². The first-order valence-electron chi connectivity index (χ1n) is 5.19. The van der Waals surface area contributed by atoms with Crippen molar-refractivity contribution < 1.29 is 52.9 Å². The minimum absolute atomic E-state index is 0.203. The van der Waals surface area contributed by atoms with Crippen LogP contribution in [0.3, 0.4) is 0 Å². The number of aliphatic hydroxyl groups is 1. The van der Waals surface area contributed by atoms with E-state index in [1.807, 2.05) is 34.9 Å². The maximum Gasteiger partial charge on any atom is 0.335 e. The molecular formula is C8H11F6N3O5S2. The first-order valence-corrected chi connectivity index (χ1v) is 6.53. The Balaban J connectivity index is -0.000000278. The van der Waals surface area contributed by atoms with Crippen molar-refractivity contribution in [1.29, 1.82) is 0 Å². The number of nitrogens with zero attached hydrogens (tertiary/aromatic N) is 3. The normalized spacial score (nSPS) is 10.0. The van der Waals surface area contributed by atoms with E-state index in [0.29, 0.717) is 11.9 Å². The van der Waals surface area contributed by atoms with Gasteiger partial charge in [0.15, 0.2) is 0 Å². The van der Waals surface area contributed by atoms with E-state index < -0.39 is 35.7 Å². The van der Waals surface area contributed by atoms with Crippen molar-refractivity contribution in [3.63, 3.8) is 0 Å². The monoisotopic (exact) mass is 407 g/mol. The van der Waals surface area contributed by atoms with Gasteiger partial charge in [0, 0.05) is 0 Å². The third-order valence-corrected chi connectivity index (χ3v) is 1.44. The highest BCUT2D eigenvalue weighted by Crippen LogP contribution is 2.34. The summed E-state index contributed by atoms with van der Waals surface area (Å²) in [5.74, 6) is 0. The van der Waals surface area contributed by atoms with Gasteiger partial charge in [-0.15, -0.1) is 0 Å². The van der Waals surface area contributed by atoms with Gasteiger partial charge in [0.25, 0.3) is 0 Å². The van der Waals surface area contributed by atoms with Gasteiger partial charge >= 0.3 is 35.7 Å². The lowest BCUT2D eigenvalue weighted by Crippen LogP contribution is -2.23. The van der Waals surface area contributed by atoms with Crippen LogP contribution in [-0.2, 0) is 36.7 Å². The second-order valence-corrected chi connectivity index (χ2v) is 3.50. The van der Waals surface area contributed by atoms with E-state index in [-0.39, 0.29) is 6.61 Å². The molecule has 16 heteroatoms. The zero-order valence-corrected chi connectivity index (χ0v) is 13.3. The van der Waals surface area contributed by atoms with Crippen LogP contribution in [0.15, 0.2) is 18.7 Å². The largest absolute Gasteiger partial charge is 0.478 e. The van der Waals surface area contributed by atoms with E-state index in [1.54, 1.807) is 0 Å². The molecule has 1 N–H and O–H groups in total. The molecule has 8 nitrogen and oxygen atoms in total. The average Bonchev–Trinajstić information content (AvgIpc) is 2.73. The summed E-state index contributed by atoms with van der Waals surface area (Å²) < 4.78 is 101. The molecule has 0 atom stereocenters. The van der Waals surface area contributed by atoms with Gasteiger partial charge in [-0.05, 0) is 0 Å². The number of imidazole rings is 1. The summed E-state index contributed by atoms with van der Waals surface area (Å²) in [7, 11) is 1.95. The summed E-state index contributed by atoms with van der Waals surface area (Å²) in [5, 5.41) is 9.04. The summed E-state index contributed by atoms with van der Waals surface area (Å²) in [6.45, 7) is 0.884. The fourth-order valence-corrected chi connectivity index (χ4v) is 0.893. The quantitative estimate of drug-likeness (QED) is 0.433. The predicted molar refractivity (Wildman–Crippen MR) is 66.0 cm³/mol. The molecule has 0 aliphatic rings. The number of alkyl halides is 6. The molecule has 142 valence electrons. The van der Waals surface area contributed by atoms with E-state index in [9.17, 15) is 26.3 Å². The van der Waals surface area contributed by atoms with Crippen molar-refractivity contribution in [3.05, 3.63) is 24.0 Å². The Hall–Kier alpha value is -1.65. The molecule has 1 rings (SSSR count). The van der Waals surface area contributed by atoms with Crippen molar-refractivity contribution in [2.75, 3.05) is 6.61 Å². The second kappa shape index (κ2) is 14.9. The first-order chi connectivity index (χ1) is 10.9. The van der Waals surface area contributed by atoms with Gasteiger partial charge in [-0.1, -0.05) is 0 Å². The average molecular weight is 407 g/mol. The lowest BCUT2D eigenvalue weighted by atomic mass is 10.7. The Labute approximate surface area is 138 Å². The molecule has 1 aromatic rings. The number of hydrogen-bond donors (Lipinski definition) is 1. The standard InChI is InChI=1S/C6H11N2O.C2F6N.2O2S/c1-7-2-3-8(6-7)4-5-9;3-1(4,5)9-2(6,7)8;2*1-3-2/h2-3,6,9H,4-5H2,1H3;;;/q+1;-1;;. The molecule has 24 heavy (non-hydrogen) atoms. The minimum atomic E-state index is -5.52. The van der Waals surface area contributed by atoms with Gasteiger partial charge in [-0.2, -0.15) is 43.2 Å². The fourth-order valence-electron chi connectivity index (χ4n) is 0.893. The van der Waals surface area contributed by atoms with Gasteiger partial charge in [-0.3, -0.25) is 0 Å². The molecule has 1 aromatic heterocycles. The number of aliphatic hydroxyl groups excluding tert-OH is 1. The van der Waals surface area contributed by atoms with E-state index >= 15 is 0 Å². The fraction of sp³-hybridized carbons (Fsp3) is 0.625. The Morgan fingerprint density at radius 1 is 1.04 bits per heavy atom. The van der Waals surface area contributed by atoms with E-state index in [0.717, 1.165) is 0 Å². The number of aryl methyl sites for hydroxylation is 1. The van der Waals surface area contributed by atoms with Crippen molar-refractivity contribution in [2.24, 2.45) is 7.05 Å². The van der Waals surface area contributed by atoms with Crippen LogP contribution in [0.4, 0.5) is 26.3 Å². The third kappa shape index (κ3) is 28.5. The molecule has 0 spiro atoms. The van der Waals surface area contributed by atoms with E-state index in [2.05, 4.69) is 0 Å². The van der Waals surface area contributed by atoms with E-state index in [4.69, 9.17) is 21.9 Å². The molecule has 0 unspecified atom stereocenters. The zero-order chi connectivity index (χ0) is 19.8. The molecular weight excluding hydrogens is 396 g/mol. The van der Waals surface area contributed by atoms with Crippen molar-refractivity contribution >= 4 is 23.1 Å². The van der Waals surface area contributed by atoms with Gasteiger partial charge in [0.2, 0.25) is 6.33 Å². The van der Waals surface area contributed by atoms with Crippen LogP contribution in [0.25, 0.3) is 5.32 Å². The Morgan fingerprint density at radius 2 is 1.42 bits per heavy atom. The molecule has 0 amide bonds. The molecule has 0 aliphatic heterocycles. The second-order valence-electron chi connectivity index (χ2n) is 3.22. The summed E-state index contributed by atoms with van der Waals surface area (Å²) >= 11 is -1.50. The first kappa shape index (κ1) is 27.2. The summed E-state index contributed by atoms with van der Waals surface area (Å²) in [6, 6.07) is 0. The summed E-state index contributed by atoms with van der Waals surface area (Å²) in [5.41, 5.74) is 0. The zero-order valence-electron chi connectivity index (χ0n) is 11.7. The highest BCUT2D eigenvalue weighted by molar-refractivity contribution is 7.51. The van der Waals surface area contributed by atoms with Crippen molar-refractivity contribution in [2.45, 2.75) is 19.1 Å². The van der Waals surface area contributed by atoms with Crippen LogP contribution in [-0.4, -0.2) is 45.7 Å². The van der Waals surface area contributed by atoms with Crippen LogP contribution in [0.1, 0.15) is 0 Å². The highest BCUT2D eigenvalue weighted by atomic mass is 32.1. The third-order valence-electron chi connectivity index (χ3n) is 1.44. The van der Waals surface area contributed by atoms with Crippen LogP contribution < -0.4 is 4.57 Å². The van der Waals surface area contributed by atoms with Crippen molar-refractivity contribution in [3.8, 4) is 0 Å². The Kier molecular flexibility index (Phi) is 16.9. The summed E-state index contributed by atoms with van der Waals surface area (Å²) in [6.07, 6.45) is -5.24. The molecule has 0 saturated heterocycles. The Bertz CT molecular complexity index is 485. The topological polar surface area (TPSA) is 111 Å². The maximum atomic E-state index is 10.7. The van der Waals surface area contributed by atoms with Crippen LogP contribution in [0, 0.1) is 0 Å². The van der Waals surface area contributed by atoms with Gasteiger partial charge in [0.1, 0.15) is 18.9 Å². The maximum absolute atomic E-state index is 10.7. The lowest BCUT2D eigenvalue weighted by molar-refractivity contribution is -0.671. The lowest BCUT2D eigenvalue weighted by Gasteiger charge is -2.26. The molecule has 0 fully saturated rings. The van der Waals surface area contributed by atoms with E-state index in [1.165, 1.54) is 0 Å². The minimum Gasteiger partial charge on any atom is -0.478 e. The molecule has 0 aromatic carbocycles. The number of aromatic nitrogens is 2. The SMILES string of the molecule is C[n+]1ccn(CCO)c1.FC(F)(F)[N-]C(F)(F)F.O=S=O.O=S=O. The summed E-state index contributed by atoms with van der Waals surface area (Å²) in [4.78, 5) is 0. The molecule has 0 bridgehead atoms. The van der Waals surface area contributed by atoms with Crippen LogP contribution in [0.2, 0.25) is 0 Å². The number of hydrogen-bond acceptors (Lipinski definition) is 5. The predicted octanol–water partition coefficient (Wildman–Crippen LogP) is 0.364.